The van der Waals surface area contributed by atoms with E-state index < -0.39 is 11.7 Å². The Morgan fingerprint density at radius 1 is 1.50 bits per heavy atom. The van der Waals surface area contributed by atoms with Crippen LogP contribution in [-0.4, -0.2) is 11.7 Å². The average molecular weight is 202 g/mol. The van der Waals surface area contributed by atoms with Gasteiger partial charge in [0.1, 0.15) is 0 Å². The van der Waals surface area contributed by atoms with Crippen molar-refractivity contribution in [2.45, 2.75) is 32.6 Å². The molecule has 0 bridgehead atoms. The Labute approximate surface area is 80.9 Å². The molecule has 0 spiro atoms. The molecule has 0 aliphatic carbocycles. The lowest BCUT2D eigenvalue weighted by Gasteiger charge is -2.09. The summed E-state index contributed by atoms with van der Waals surface area (Å²) < 4.78 is 30.2. The second kappa shape index (κ2) is 3.52. The Bertz CT molecular complexity index is 334. The number of carbonyl (C=O) groups excluding carboxylic acids is 1. The molecule has 0 radical (unpaired) electrons. The summed E-state index contributed by atoms with van der Waals surface area (Å²) >= 11 is 0. The Kier molecular flexibility index (Phi) is 2.73. The van der Waals surface area contributed by atoms with Crippen molar-refractivity contribution in [3.8, 4) is 0 Å². The lowest BCUT2D eigenvalue weighted by Crippen LogP contribution is -2.25. The third kappa shape index (κ3) is 2.00. The zero-order valence-corrected chi connectivity index (χ0v) is 8.30. The summed E-state index contributed by atoms with van der Waals surface area (Å²) in [7, 11) is 0. The molecular weight excluding hydrogens is 190 g/mol. The highest BCUT2D eigenvalue weighted by Crippen LogP contribution is 2.26. The van der Waals surface area contributed by atoms with E-state index in [1.54, 1.807) is 6.07 Å². The number of hydrogen-bond donors (Lipinski definition) is 0. The second-order valence-electron chi connectivity index (χ2n) is 3.58. The molecule has 0 fully saturated rings. The maximum absolute atomic E-state index is 12.7. The van der Waals surface area contributed by atoms with Gasteiger partial charge >= 0.3 is 5.92 Å². The number of ketones is 1. The smallest absolute Gasteiger partial charge is 0.310 e. The van der Waals surface area contributed by atoms with Crippen LogP contribution in [0.3, 0.4) is 0 Å². The third-order valence-electron chi connectivity index (χ3n) is 1.92. The predicted molar refractivity (Wildman–Crippen MR) is 47.7 cm³/mol. The average Bonchev–Trinajstić information content (AvgIpc) is 2.48. The van der Waals surface area contributed by atoms with Gasteiger partial charge in [-0.2, -0.15) is 8.78 Å². The fraction of sp³-hybridized carbons (Fsp3) is 0.500. The highest BCUT2D eigenvalue weighted by atomic mass is 19.3. The summed E-state index contributed by atoms with van der Waals surface area (Å²) in [5.74, 6) is -4.87. The van der Waals surface area contributed by atoms with Crippen molar-refractivity contribution in [2.75, 3.05) is 0 Å². The summed E-state index contributed by atoms with van der Waals surface area (Å²) in [6, 6.07) is 1.55. The quantitative estimate of drug-likeness (QED) is 0.704. The second-order valence-corrected chi connectivity index (χ2v) is 3.58. The molecule has 0 atom stereocenters. The van der Waals surface area contributed by atoms with Crippen molar-refractivity contribution in [1.82, 2.24) is 0 Å². The van der Waals surface area contributed by atoms with Gasteiger partial charge in [-0.05, 0) is 12.0 Å². The van der Waals surface area contributed by atoms with Gasteiger partial charge in [0.05, 0.1) is 6.26 Å². The molecule has 0 amide bonds. The molecule has 78 valence electrons. The summed E-state index contributed by atoms with van der Waals surface area (Å²) in [4.78, 5) is 11.2. The molecule has 2 nitrogen and oxygen atoms in total. The first-order chi connectivity index (χ1) is 6.34. The van der Waals surface area contributed by atoms with Gasteiger partial charge in [0.25, 0.3) is 5.78 Å². The molecule has 0 unspecified atom stereocenters. The number of rotatable bonds is 3. The fourth-order valence-electron chi connectivity index (χ4n) is 1.16. The van der Waals surface area contributed by atoms with E-state index in [0.717, 1.165) is 0 Å². The van der Waals surface area contributed by atoms with E-state index in [0.29, 0.717) is 12.5 Å². The maximum Gasteiger partial charge on any atom is 0.310 e. The van der Waals surface area contributed by atoms with Crippen LogP contribution in [0, 0.1) is 0 Å². The zero-order chi connectivity index (χ0) is 10.9. The number of Topliss-reactive ketones (excluding diaryl/α,β-unsaturated/α-hetero) is 1. The Balaban J connectivity index is 3.08. The molecule has 0 aliphatic heterocycles. The Hall–Kier alpha value is -1.19. The summed E-state index contributed by atoms with van der Waals surface area (Å²) in [6.07, 6.45) is 1.26. The first-order valence-corrected chi connectivity index (χ1v) is 4.34. The van der Waals surface area contributed by atoms with Crippen LogP contribution >= 0.6 is 0 Å². The van der Waals surface area contributed by atoms with Gasteiger partial charge in [0.2, 0.25) is 0 Å². The first kappa shape index (κ1) is 10.9. The molecule has 0 saturated heterocycles. The van der Waals surface area contributed by atoms with E-state index in [1.807, 2.05) is 13.8 Å². The van der Waals surface area contributed by atoms with Crippen LogP contribution in [0.4, 0.5) is 8.78 Å². The van der Waals surface area contributed by atoms with Crippen molar-refractivity contribution in [3.05, 3.63) is 23.7 Å². The van der Waals surface area contributed by atoms with Gasteiger partial charge in [-0.1, -0.05) is 13.8 Å². The number of alkyl halides is 2. The number of hydrogen-bond acceptors (Lipinski definition) is 2. The molecule has 1 rings (SSSR count). The topological polar surface area (TPSA) is 30.2 Å². The molecule has 0 aromatic carbocycles. The number of furan rings is 1. The maximum atomic E-state index is 12.7. The normalized spacial score (nSPS) is 12.1. The van der Waals surface area contributed by atoms with Gasteiger partial charge in [0, 0.05) is 12.5 Å². The Morgan fingerprint density at radius 2 is 2.07 bits per heavy atom. The van der Waals surface area contributed by atoms with Gasteiger partial charge < -0.3 is 4.42 Å². The van der Waals surface area contributed by atoms with E-state index in [4.69, 9.17) is 4.42 Å². The SMILES string of the molecule is CC(C)c1ccoc1C(=O)C(C)(F)F. The minimum absolute atomic E-state index is 0.00458. The van der Waals surface area contributed by atoms with E-state index in [-0.39, 0.29) is 11.7 Å². The van der Waals surface area contributed by atoms with E-state index in [1.165, 1.54) is 6.26 Å². The van der Waals surface area contributed by atoms with Crippen LogP contribution < -0.4 is 0 Å². The molecule has 1 heterocycles. The van der Waals surface area contributed by atoms with Crippen LogP contribution in [0.1, 0.15) is 42.8 Å². The molecule has 14 heavy (non-hydrogen) atoms. The third-order valence-corrected chi connectivity index (χ3v) is 1.92. The van der Waals surface area contributed by atoms with E-state index in [9.17, 15) is 13.6 Å². The van der Waals surface area contributed by atoms with Crippen molar-refractivity contribution in [2.24, 2.45) is 0 Å². The largest absolute Gasteiger partial charge is 0.461 e. The molecule has 0 aliphatic rings. The summed E-state index contributed by atoms with van der Waals surface area (Å²) in [6.45, 7) is 4.20. The van der Waals surface area contributed by atoms with Crippen molar-refractivity contribution in [3.63, 3.8) is 0 Å². The molecule has 0 N–H and O–H groups in total. The van der Waals surface area contributed by atoms with Gasteiger partial charge in [0.15, 0.2) is 5.76 Å². The highest BCUT2D eigenvalue weighted by Gasteiger charge is 2.37. The van der Waals surface area contributed by atoms with Gasteiger partial charge in [-0.3, -0.25) is 4.79 Å². The van der Waals surface area contributed by atoms with Crippen LogP contribution in [0.5, 0.6) is 0 Å². The zero-order valence-electron chi connectivity index (χ0n) is 8.30. The van der Waals surface area contributed by atoms with E-state index >= 15 is 0 Å². The fourth-order valence-corrected chi connectivity index (χ4v) is 1.16. The minimum Gasteiger partial charge on any atom is -0.461 e. The molecule has 4 heteroatoms. The van der Waals surface area contributed by atoms with Crippen LogP contribution in [0.25, 0.3) is 0 Å². The number of halogens is 2. The molecule has 0 saturated carbocycles. The van der Waals surface area contributed by atoms with E-state index in [2.05, 4.69) is 0 Å². The van der Waals surface area contributed by atoms with Crippen molar-refractivity contribution in [1.29, 1.82) is 0 Å². The predicted octanol–water partition coefficient (Wildman–Crippen LogP) is 3.24. The Morgan fingerprint density at radius 3 is 2.50 bits per heavy atom. The van der Waals surface area contributed by atoms with Crippen LogP contribution in [0.15, 0.2) is 16.7 Å². The van der Waals surface area contributed by atoms with Crippen LogP contribution in [-0.2, 0) is 0 Å². The molecule has 1 aromatic heterocycles. The lowest BCUT2D eigenvalue weighted by molar-refractivity contribution is 0.0193. The van der Waals surface area contributed by atoms with Crippen LogP contribution in [0.2, 0.25) is 0 Å². The van der Waals surface area contributed by atoms with Crippen molar-refractivity contribution >= 4 is 5.78 Å². The van der Waals surface area contributed by atoms with Gasteiger partial charge in [-0.25, -0.2) is 0 Å². The summed E-state index contributed by atoms with van der Waals surface area (Å²) in [5.41, 5.74) is 0.525. The lowest BCUT2D eigenvalue weighted by atomic mass is 10.0. The molecular formula is C10H12F2O2. The molecule has 1 aromatic rings. The highest BCUT2D eigenvalue weighted by molar-refractivity contribution is 5.99. The van der Waals surface area contributed by atoms with Gasteiger partial charge in [-0.15, -0.1) is 0 Å². The first-order valence-electron chi connectivity index (χ1n) is 4.34. The monoisotopic (exact) mass is 202 g/mol. The van der Waals surface area contributed by atoms with Crippen molar-refractivity contribution < 1.29 is 18.0 Å². The number of carbonyl (C=O) groups is 1. The standard InChI is InChI=1S/C10H12F2O2/c1-6(2)7-4-5-14-8(7)9(13)10(3,11)12/h4-6H,1-3H3. The minimum atomic E-state index is -3.37. The summed E-state index contributed by atoms with van der Waals surface area (Å²) in [5, 5.41) is 0.